The van der Waals surface area contributed by atoms with E-state index in [0.29, 0.717) is 17.9 Å². The fraction of sp³-hybridized carbons (Fsp3) is 0.952. The van der Waals surface area contributed by atoms with Crippen LogP contribution in [0.2, 0.25) is 0 Å². The summed E-state index contributed by atoms with van der Waals surface area (Å²) in [7, 11) is 0. The predicted octanol–water partition coefficient (Wildman–Crippen LogP) is 4.00. The lowest BCUT2D eigenvalue weighted by Gasteiger charge is -2.45. The molecule has 3 rings (SSSR count). The van der Waals surface area contributed by atoms with E-state index in [1.807, 2.05) is 0 Å². The topological polar surface area (TPSA) is 58.4 Å². The van der Waals surface area contributed by atoms with Crippen molar-refractivity contribution in [2.45, 2.75) is 83.7 Å². The van der Waals surface area contributed by atoms with Gasteiger partial charge in [-0.1, -0.05) is 19.8 Å². The average Bonchev–Trinajstić information content (AvgIpc) is 2.59. The number of hydrogen-bond donors (Lipinski definition) is 2. The molecule has 1 heterocycles. The van der Waals surface area contributed by atoms with Crippen LogP contribution in [-0.2, 0) is 4.79 Å². The van der Waals surface area contributed by atoms with Gasteiger partial charge in [0.1, 0.15) is 0 Å². The molecule has 2 saturated carbocycles. The molecule has 3 N–H and O–H groups in total. The van der Waals surface area contributed by atoms with E-state index in [2.05, 4.69) is 31.0 Å². The molecule has 1 amide bonds. The van der Waals surface area contributed by atoms with E-state index in [-0.39, 0.29) is 42.2 Å². The standard InChI is InChI=1S/C21H39N3O.2ClH/c1-4-15-7-6-10-24(13-15)21(2,3)14-23-20(25)18-11-16-8-5-9-17(12-18)19(16)22;;/h15-19H,4-14,22H2,1-3H3,(H,23,25);2*1H. The fourth-order valence-electron chi connectivity index (χ4n) is 5.51. The van der Waals surface area contributed by atoms with Gasteiger partial charge in [-0.15, -0.1) is 24.8 Å². The smallest absolute Gasteiger partial charge is 0.223 e. The van der Waals surface area contributed by atoms with Gasteiger partial charge < -0.3 is 11.1 Å². The van der Waals surface area contributed by atoms with Gasteiger partial charge in [-0.05, 0) is 76.7 Å². The summed E-state index contributed by atoms with van der Waals surface area (Å²) in [6.45, 7) is 9.99. The van der Waals surface area contributed by atoms with Gasteiger partial charge in [-0.25, -0.2) is 0 Å². The molecule has 0 radical (unpaired) electrons. The van der Waals surface area contributed by atoms with Gasteiger partial charge in [-0.3, -0.25) is 9.69 Å². The van der Waals surface area contributed by atoms with Gasteiger partial charge in [0.2, 0.25) is 5.91 Å². The second-order valence-electron chi connectivity index (χ2n) is 9.59. The first-order chi connectivity index (χ1) is 11.9. The lowest BCUT2D eigenvalue weighted by atomic mass is 9.65. The number of likely N-dealkylation sites (tertiary alicyclic amines) is 1. The summed E-state index contributed by atoms with van der Waals surface area (Å²) in [4.78, 5) is 15.4. The molecule has 2 aliphatic carbocycles. The zero-order valence-corrected chi connectivity index (χ0v) is 19.0. The van der Waals surface area contributed by atoms with E-state index in [1.165, 1.54) is 51.6 Å². The van der Waals surface area contributed by atoms with Gasteiger partial charge in [0.15, 0.2) is 0 Å². The van der Waals surface area contributed by atoms with Crippen molar-refractivity contribution in [3.8, 4) is 0 Å². The molecular weight excluding hydrogens is 381 g/mol. The molecular formula is C21H41Cl2N3O. The third kappa shape index (κ3) is 5.98. The van der Waals surface area contributed by atoms with Crippen LogP contribution in [0.4, 0.5) is 0 Å². The highest BCUT2D eigenvalue weighted by Crippen LogP contribution is 2.41. The third-order valence-electron chi connectivity index (χ3n) is 7.43. The number of rotatable bonds is 5. The van der Waals surface area contributed by atoms with E-state index in [4.69, 9.17) is 5.73 Å². The predicted molar refractivity (Wildman–Crippen MR) is 118 cm³/mol. The molecule has 3 unspecified atom stereocenters. The minimum Gasteiger partial charge on any atom is -0.354 e. The van der Waals surface area contributed by atoms with E-state index in [0.717, 1.165) is 25.3 Å². The summed E-state index contributed by atoms with van der Waals surface area (Å²) in [6, 6.07) is 0.341. The Labute approximate surface area is 178 Å². The number of carbonyl (C=O) groups is 1. The largest absolute Gasteiger partial charge is 0.354 e. The Morgan fingerprint density at radius 1 is 1.11 bits per heavy atom. The van der Waals surface area contributed by atoms with E-state index < -0.39 is 0 Å². The molecule has 3 fully saturated rings. The highest BCUT2D eigenvalue weighted by atomic mass is 35.5. The Kier molecular flexibility index (Phi) is 9.88. The van der Waals surface area contributed by atoms with Crippen molar-refractivity contribution in [2.75, 3.05) is 19.6 Å². The lowest BCUT2D eigenvalue weighted by molar-refractivity contribution is -0.128. The van der Waals surface area contributed by atoms with Gasteiger partial charge in [-0.2, -0.15) is 0 Å². The number of fused-ring (bicyclic) bond motifs is 2. The minimum atomic E-state index is 0. The van der Waals surface area contributed by atoms with E-state index in [1.54, 1.807) is 0 Å². The molecule has 0 aromatic heterocycles. The van der Waals surface area contributed by atoms with Crippen molar-refractivity contribution >= 4 is 30.7 Å². The summed E-state index contributed by atoms with van der Waals surface area (Å²) in [5.41, 5.74) is 6.42. The zero-order valence-electron chi connectivity index (χ0n) is 17.4. The number of piperidine rings is 1. The van der Waals surface area contributed by atoms with E-state index >= 15 is 0 Å². The molecule has 2 bridgehead atoms. The van der Waals surface area contributed by atoms with Crippen molar-refractivity contribution in [1.29, 1.82) is 0 Å². The average molecular weight is 422 g/mol. The van der Waals surface area contributed by atoms with Crippen LogP contribution in [0, 0.1) is 23.7 Å². The summed E-state index contributed by atoms with van der Waals surface area (Å²) >= 11 is 0. The number of nitrogens with one attached hydrogen (secondary N) is 1. The number of halogens is 2. The molecule has 1 aliphatic heterocycles. The lowest BCUT2D eigenvalue weighted by Crippen LogP contribution is -2.56. The molecule has 27 heavy (non-hydrogen) atoms. The van der Waals surface area contributed by atoms with Crippen molar-refractivity contribution in [3.05, 3.63) is 0 Å². The maximum atomic E-state index is 12.8. The number of hydrogen-bond acceptors (Lipinski definition) is 3. The highest BCUT2D eigenvalue weighted by molar-refractivity contribution is 5.85. The number of nitrogens with zero attached hydrogens (tertiary/aromatic N) is 1. The highest BCUT2D eigenvalue weighted by Gasteiger charge is 2.41. The van der Waals surface area contributed by atoms with Crippen molar-refractivity contribution in [3.63, 3.8) is 0 Å². The Bertz CT molecular complexity index is 460. The van der Waals surface area contributed by atoms with Crippen LogP contribution in [0.1, 0.15) is 72.1 Å². The SMILES string of the molecule is CCC1CCCN(C(C)(C)CNC(=O)C2CC3CCCC(C2)C3N)C1.Cl.Cl. The number of carbonyl (C=O) groups excluding carboxylic acids is 1. The number of nitrogens with two attached hydrogens (primary N) is 1. The van der Waals surface area contributed by atoms with Crippen molar-refractivity contribution in [1.82, 2.24) is 10.2 Å². The van der Waals surface area contributed by atoms with Crippen molar-refractivity contribution < 1.29 is 4.79 Å². The zero-order chi connectivity index (χ0) is 18.0. The molecule has 1 saturated heterocycles. The molecule has 4 nitrogen and oxygen atoms in total. The first-order valence-electron chi connectivity index (χ1n) is 10.7. The van der Waals surface area contributed by atoms with Crippen LogP contribution in [0.3, 0.4) is 0 Å². The molecule has 3 aliphatic rings. The molecule has 3 atom stereocenters. The van der Waals surface area contributed by atoms with Gasteiger partial charge >= 0.3 is 0 Å². The van der Waals surface area contributed by atoms with Crippen LogP contribution in [-0.4, -0.2) is 42.0 Å². The second-order valence-corrected chi connectivity index (χ2v) is 9.59. The minimum absolute atomic E-state index is 0. The summed E-state index contributed by atoms with van der Waals surface area (Å²) < 4.78 is 0. The van der Waals surface area contributed by atoms with Crippen LogP contribution in [0.5, 0.6) is 0 Å². The van der Waals surface area contributed by atoms with Crippen LogP contribution in [0.25, 0.3) is 0 Å². The Balaban J connectivity index is 0.00000182. The van der Waals surface area contributed by atoms with Crippen LogP contribution >= 0.6 is 24.8 Å². The maximum absolute atomic E-state index is 12.8. The summed E-state index contributed by atoms with van der Waals surface area (Å²) in [5, 5.41) is 3.31. The normalized spacial score (nSPS) is 34.1. The molecule has 0 aromatic rings. The first kappa shape index (κ1) is 25.0. The quantitative estimate of drug-likeness (QED) is 0.704. The molecule has 0 spiro atoms. The Morgan fingerprint density at radius 2 is 1.74 bits per heavy atom. The number of amides is 1. The first-order valence-corrected chi connectivity index (χ1v) is 10.7. The Morgan fingerprint density at radius 3 is 2.33 bits per heavy atom. The van der Waals surface area contributed by atoms with Crippen LogP contribution in [0.15, 0.2) is 0 Å². The van der Waals surface area contributed by atoms with E-state index in [9.17, 15) is 4.79 Å². The third-order valence-corrected chi connectivity index (χ3v) is 7.43. The Hall–Kier alpha value is -0.0300. The molecule has 160 valence electrons. The molecule has 0 aromatic carbocycles. The summed E-state index contributed by atoms with van der Waals surface area (Å²) in [5.74, 6) is 2.44. The monoisotopic (exact) mass is 421 g/mol. The van der Waals surface area contributed by atoms with Gasteiger partial charge in [0.25, 0.3) is 0 Å². The fourth-order valence-corrected chi connectivity index (χ4v) is 5.51. The summed E-state index contributed by atoms with van der Waals surface area (Å²) in [6.07, 6.45) is 9.68. The van der Waals surface area contributed by atoms with Gasteiger partial charge in [0.05, 0.1) is 0 Å². The van der Waals surface area contributed by atoms with Crippen LogP contribution < -0.4 is 11.1 Å². The van der Waals surface area contributed by atoms with Crippen molar-refractivity contribution in [2.24, 2.45) is 29.4 Å². The molecule has 6 heteroatoms. The van der Waals surface area contributed by atoms with Gasteiger partial charge in [0, 0.05) is 30.6 Å². The maximum Gasteiger partial charge on any atom is 0.223 e. The second kappa shape index (κ2) is 10.7.